The van der Waals surface area contributed by atoms with E-state index in [0.29, 0.717) is 31.0 Å². The third-order valence-electron chi connectivity index (χ3n) is 4.98. The smallest absolute Gasteiger partial charge is 0.228 e. The lowest BCUT2D eigenvalue weighted by Gasteiger charge is -2.27. The molecule has 1 aromatic carbocycles. The number of pyridine rings is 1. The summed E-state index contributed by atoms with van der Waals surface area (Å²) in [6, 6.07) is 7.94. The van der Waals surface area contributed by atoms with Gasteiger partial charge in [-0.3, -0.25) is 9.59 Å². The molecule has 0 spiro atoms. The van der Waals surface area contributed by atoms with Crippen molar-refractivity contribution >= 4 is 23.3 Å². The van der Waals surface area contributed by atoms with Crippen molar-refractivity contribution in [3.63, 3.8) is 0 Å². The molecular weight excluding hydrogens is 363 g/mol. The zero-order valence-corrected chi connectivity index (χ0v) is 15.3. The number of rotatable bonds is 4. The lowest BCUT2D eigenvalue weighted by molar-refractivity contribution is -0.126. The molecule has 3 heterocycles. The van der Waals surface area contributed by atoms with Crippen LogP contribution in [0.3, 0.4) is 0 Å². The number of morpholine rings is 1. The van der Waals surface area contributed by atoms with Crippen LogP contribution in [-0.2, 0) is 20.9 Å². The molecule has 4 rings (SSSR count). The second-order valence-electron chi connectivity index (χ2n) is 6.88. The second-order valence-corrected chi connectivity index (χ2v) is 6.88. The maximum absolute atomic E-state index is 13.4. The second kappa shape index (κ2) is 7.93. The van der Waals surface area contributed by atoms with Gasteiger partial charge in [0.25, 0.3) is 0 Å². The van der Waals surface area contributed by atoms with Crippen LogP contribution in [0.15, 0.2) is 36.5 Å². The van der Waals surface area contributed by atoms with E-state index in [2.05, 4.69) is 20.5 Å². The van der Waals surface area contributed by atoms with Crippen molar-refractivity contribution < 1.29 is 18.7 Å². The monoisotopic (exact) mass is 384 g/mol. The van der Waals surface area contributed by atoms with Gasteiger partial charge >= 0.3 is 0 Å². The zero-order chi connectivity index (χ0) is 19.5. The van der Waals surface area contributed by atoms with Crippen LogP contribution < -0.4 is 15.5 Å². The van der Waals surface area contributed by atoms with E-state index < -0.39 is 11.7 Å². The Labute approximate surface area is 161 Å². The van der Waals surface area contributed by atoms with Crippen molar-refractivity contribution in [1.29, 1.82) is 0 Å². The fourth-order valence-electron chi connectivity index (χ4n) is 3.48. The molecule has 0 aliphatic carbocycles. The Kier molecular flexibility index (Phi) is 5.21. The highest BCUT2D eigenvalue weighted by Crippen LogP contribution is 2.32. The van der Waals surface area contributed by atoms with Crippen LogP contribution in [0, 0.1) is 5.82 Å². The molecule has 0 saturated carbocycles. The van der Waals surface area contributed by atoms with E-state index >= 15 is 0 Å². The number of nitrogens with zero attached hydrogens (tertiary/aromatic N) is 2. The van der Waals surface area contributed by atoms with Crippen LogP contribution in [-0.4, -0.2) is 43.1 Å². The molecule has 0 radical (unpaired) electrons. The first-order chi connectivity index (χ1) is 13.6. The molecule has 2 amide bonds. The summed E-state index contributed by atoms with van der Waals surface area (Å²) in [6.07, 6.45) is 1.78. The van der Waals surface area contributed by atoms with Gasteiger partial charge in [0.15, 0.2) is 0 Å². The van der Waals surface area contributed by atoms with Gasteiger partial charge in [0, 0.05) is 37.9 Å². The van der Waals surface area contributed by atoms with Crippen LogP contribution in [0.5, 0.6) is 0 Å². The molecular formula is C20H21FN4O3. The maximum Gasteiger partial charge on any atom is 0.228 e. The molecule has 0 bridgehead atoms. The Hall–Kier alpha value is -3.00. The van der Waals surface area contributed by atoms with Gasteiger partial charge in [-0.2, -0.15) is 0 Å². The molecule has 2 aliphatic rings. The molecule has 0 unspecified atom stereocenters. The third-order valence-corrected chi connectivity index (χ3v) is 4.98. The molecule has 2 N–H and O–H groups in total. The van der Waals surface area contributed by atoms with Crippen molar-refractivity contribution in [2.24, 2.45) is 0 Å². The summed E-state index contributed by atoms with van der Waals surface area (Å²) in [4.78, 5) is 31.1. The molecule has 2 aromatic rings. The van der Waals surface area contributed by atoms with Crippen LogP contribution in [0.25, 0.3) is 0 Å². The first kappa shape index (κ1) is 18.4. The van der Waals surface area contributed by atoms with Crippen molar-refractivity contribution in [1.82, 2.24) is 10.3 Å². The number of benzene rings is 1. The van der Waals surface area contributed by atoms with E-state index in [1.807, 2.05) is 12.1 Å². The van der Waals surface area contributed by atoms with E-state index in [0.717, 1.165) is 24.5 Å². The first-order valence-electron chi connectivity index (χ1n) is 9.25. The Balaban J connectivity index is 1.40. The number of hydrogen-bond acceptors (Lipinski definition) is 5. The number of hydrogen-bond donors (Lipinski definition) is 2. The molecule has 8 heteroatoms. The number of amides is 2. The lowest BCUT2D eigenvalue weighted by Crippen LogP contribution is -2.36. The molecule has 146 valence electrons. The van der Waals surface area contributed by atoms with Gasteiger partial charge in [-0.1, -0.05) is 12.1 Å². The summed E-state index contributed by atoms with van der Waals surface area (Å²) in [7, 11) is 0. The summed E-state index contributed by atoms with van der Waals surface area (Å²) in [5.74, 6) is -0.760. The topological polar surface area (TPSA) is 83.6 Å². The fraction of sp³-hybridized carbons (Fsp3) is 0.350. The van der Waals surface area contributed by atoms with E-state index in [1.54, 1.807) is 12.3 Å². The number of carbonyl (C=O) groups excluding carboxylic acids is 2. The van der Waals surface area contributed by atoms with Crippen LogP contribution >= 0.6 is 0 Å². The van der Waals surface area contributed by atoms with Gasteiger partial charge < -0.3 is 20.3 Å². The van der Waals surface area contributed by atoms with Crippen molar-refractivity contribution in [3.05, 3.63) is 53.5 Å². The summed E-state index contributed by atoms with van der Waals surface area (Å²) in [5.41, 5.74) is 1.84. The minimum Gasteiger partial charge on any atom is -0.378 e. The predicted octanol–water partition coefficient (Wildman–Crippen LogP) is 1.80. The van der Waals surface area contributed by atoms with Gasteiger partial charge in [-0.15, -0.1) is 0 Å². The van der Waals surface area contributed by atoms with E-state index in [4.69, 9.17) is 4.74 Å². The average molecular weight is 384 g/mol. The molecule has 2 aliphatic heterocycles. The number of carbonyl (C=O) groups is 2. The number of anilines is 2. The fourth-order valence-corrected chi connectivity index (χ4v) is 3.48. The number of nitrogens with one attached hydrogen (secondary N) is 2. The molecule has 1 saturated heterocycles. The molecule has 1 fully saturated rings. The number of aromatic nitrogens is 1. The number of fused-ring (bicyclic) bond motifs is 1. The highest BCUT2D eigenvalue weighted by Gasteiger charge is 2.30. The number of halogens is 1. The minimum absolute atomic E-state index is 0.0404. The largest absolute Gasteiger partial charge is 0.378 e. The van der Waals surface area contributed by atoms with Crippen LogP contribution in [0.4, 0.5) is 15.9 Å². The summed E-state index contributed by atoms with van der Waals surface area (Å²) < 4.78 is 18.8. The van der Waals surface area contributed by atoms with Gasteiger partial charge in [0.1, 0.15) is 11.6 Å². The normalized spacial score (nSPS) is 19.0. The van der Waals surface area contributed by atoms with Crippen LogP contribution in [0.2, 0.25) is 0 Å². The first-order valence-corrected chi connectivity index (χ1v) is 9.25. The highest BCUT2D eigenvalue weighted by atomic mass is 19.1. The van der Waals surface area contributed by atoms with E-state index in [1.165, 1.54) is 12.1 Å². The third kappa shape index (κ3) is 3.96. The molecule has 28 heavy (non-hydrogen) atoms. The lowest BCUT2D eigenvalue weighted by atomic mass is 9.89. The maximum atomic E-state index is 13.4. The Morgan fingerprint density at radius 1 is 1.29 bits per heavy atom. The Bertz CT molecular complexity index is 882. The van der Waals surface area contributed by atoms with E-state index in [9.17, 15) is 14.0 Å². The van der Waals surface area contributed by atoms with Gasteiger partial charge in [0.2, 0.25) is 11.8 Å². The van der Waals surface area contributed by atoms with Gasteiger partial charge in [-0.25, -0.2) is 9.37 Å². The molecule has 7 nitrogen and oxygen atoms in total. The SMILES string of the molecule is O=C1C[C@H](C(=O)NCc2ccc(N3CCOCC3)nc2)c2ccc(F)cc2N1. The standard InChI is InChI=1S/C20H21FN4O3/c21-14-2-3-15-16(10-19(26)24-17(15)9-14)20(27)23-12-13-1-4-18(22-11-13)25-5-7-28-8-6-25/h1-4,9,11,16H,5-8,10,12H2,(H,23,27)(H,24,26)/t16-/m0/s1. The van der Waals surface area contributed by atoms with Crippen molar-refractivity contribution in [3.8, 4) is 0 Å². The predicted molar refractivity (Wildman–Crippen MR) is 102 cm³/mol. The van der Waals surface area contributed by atoms with Gasteiger partial charge in [-0.05, 0) is 29.3 Å². The summed E-state index contributed by atoms with van der Waals surface area (Å²) >= 11 is 0. The summed E-state index contributed by atoms with van der Waals surface area (Å²) in [5, 5.41) is 5.47. The Morgan fingerprint density at radius 2 is 2.11 bits per heavy atom. The Morgan fingerprint density at radius 3 is 2.86 bits per heavy atom. The quantitative estimate of drug-likeness (QED) is 0.840. The van der Waals surface area contributed by atoms with E-state index in [-0.39, 0.29) is 18.2 Å². The van der Waals surface area contributed by atoms with Gasteiger partial charge in [0.05, 0.1) is 19.1 Å². The minimum atomic E-state index is -0.634. The highest BCUT2D eigenvalue weighted by molar-refractivity contribution is 6.01. The van der Waals surface area contributed by atoms with Crippen molar-refractivity contribution in [2.45, 2.75) is 18.9 Å². The number of ether oxygens (including phenoxy) is 1. The molecule has 1 aromatic heterocycles. The summed E-state index contributed by atoms with van der Waals surface area (Å²) in [6.45, 7) is 3.32. The molecule has 1 atom stereocenters. The zero-order valence-electron chi connectivity index (χ0n) is 15.3. The van der Waals surface area contributed by atoms with Crippen LogP contribution in [0.1, 0.15) is 23.5 Å². The average Bonchev–Trinajstić information content (AvgIpc) is 2.72. The van der Waals surface area contributed by atoms with Crippen molar-refractivity contribution in [2.75, 3.05) is 36.5 Å².